The molecule has 2 saturated carbocycles. The summed E-state index contributed by atoms with van der Waals surface area (Å²) in [7, 11) is -1.47. The summed E-state index contributed by atoms with van der Waals surface area (Å²) in [6.45, 7) is 0. The van der Waals surface area contributed by atoms with Crippen LogP contribution < -0.4 is 4.72 Å². The van der Waals surface area contributed by atoms with Crippen molar-refractivity contribution in [3.63, 3.8) is 0 Å². The summed E-state index contributed by atoms with van der Waals surface area (Å²) in [6, 6.07) is 0. The Kier molecular flexibility index (Phi) is 2.36. The summed E-state index contributed by atoms with van der Waals surface area (Å²) >= 11 is 0. The number of hydrogen-bond donors (Lipinski definition) is 1. The highest BCUT2D eigenvalue weighted by Crippen LogP contribution is 2.48. The summed E-state index contributed by atoms with van der Waals surface area (Å²) in [5.74, 6) is 2.33. The quantitative estimate of drug-likeness (QED) is 0.743. The molecule has 2 rings (SSSR count). The zero-order valence-electron chi connectivity index (χ0n) is 7.99. The molecule has 0 aromatic carbocycles. The van der Waals surface area contributed by atoms with Gasteiger partial charge in [-0.25, -0.2) is 13.1 Å². The Labute approximate surface area is 80.0 Å². The first-order chi connectivity index (χ1) is 6.11. The van der Waals surface area contributed by atoms with Crippen LogP contribution in [-0.4, -0.2) is 21.2 Å². The van der Waals surface area contributed by atoms with E-state index in [9.17, 15) is 8.42 Å². The second-order valence-corrected chi connectivity index (χ2v) is 6.39. The number of fused-ring (bicyclic) bond motifs is 2. The van der Waals surface area contributed by atoms with Crippen LogP contribution in [0.25, 0.3) is 0 Å². The molecule has 13 heavy (non-hydrogen) atoms. The first kappa shape index (κ1) is 9.46. The van der Waals surface area contributed by atoms with Gasteiger partial charge in [0.05, 0.1) is 5.75 Å². The fourth-order valence-electron chi connectivity index (χ4n) is 2.95. The Morgan fingerprint density at radius 2 is 2.08 bits per heavy atom. The van der Waals surface area contributed by atoms with Crippen molar-refractivity contribution in [2.75, 3.05) is 12.8 Å². The first-order valence-corrected chi connectivity index (χ1v) is 6.67. The zero-order valence-corrected chi connectivity index (χ0v) is 8.81. The van der Waals surface area contributed by atoms with E-state index in [1.165, 1.54) is 26.3 Å². The van der Waals surface area contributed by atoms with Gasteiger partial charge in [0.15, 0.2) is 0 Å². The molecular weight excluding hydrogens is 186 g/mol. The number of hydrogen-bond acceptors (Lipinski definition) is 2. The van der Waals surface area contributed by atoms with E-state index in [-0.39, 0.29) is 0 Å². The molecule has 3 nitrogen and oxygen atoms in total. The average Bonchev–Trinajstić information content (AvgIpc) is 2.64. The van der Waals surface area contributed by atoms with Gasteiger partial charge < -0.3 is 0 Å². The minimum Gasteiger partial charge on any atom is -0.218 e. The fourth-order valence-corrected chi connectivity index (χ4v) is 4.08. The van der Waals surface area contributed by atoms with Crippen LogP contribution in [0.5, 0.6) is 0 Å². The lowest BCUT2D eigenvalue weighted by Crippen LogP contribution is -2.29. The van der Waals surface area contributed by atoms with Gasteiger partial charge in [-0.3, -0.25) is 0 Å². The van der Waals surface area contributed by atoms with E-state index in [1.807, 2.05) is 0 Å². The van der Waals surface area contributed by atoms with Crippen molar-refractivity contribution >= 4 is 10.0 Å². The minimum atomic E-state index is -2.98. The molecule has 0 aromatic heterocycles. The van der Waals surface area contributed by atoms with Gasteiger partial charge >= 0.3 is 0 Å². The SMILES string of the molecule is CNS(=O)(=O)CC1CC2CCC1C2. The van der Waals surface area contributed by atoms with E-state index in [2.05, 4.69) is 4.72 Å². The Hall–Kier alpha value is -0.0900. The molecule has 0 amide bonds. The molecule has 0 aromatic rings. The van der Waals surface area contributed by atoms with E-state index in [0.717, 1.165) is 12.3 Å². The van der Waals surface area contributed by atoms with Crippen LogP contribution in [0.15, 0.2) is 0 Å². The molecule has 0 spiro atoms. The highest BCUT2D eigenvalue weighted by atomic mass is 32.2. The van der Waals surface area contributed by atoms with Gasteiger partial charge in [0.1, 0.15) is 0 Å². The Morgan fingerprint density at radius 3 is 2.54 bits per heavy atom. The van der Waals surface area contributed by atoms with Gasteiger partial charge in [-0.15, -0.1) is 0 Å². The van der Waals surface area contributed by atoms with Crippen molar-refractivity contribution < 1.29 is 8.42 Å². The standard InChI is InChI=1S/C9H17NO2S/c1-10-13(11,12)6-9-5-7-2-3-8(9)4-7/h7-10H,2-6H2,1H3. The third-order valence-corrected chi connectivity index (χ3v) is 5.12. The molecule has 4 heteroatoms. The summed E-state index contributed by atoms with van der Waals surface area (Å²) in [4.78, 5) is 0. The highest BCUT2D eigenvalue weighted by Gasteiger charge is 2.40. The average molecular weight is 203 g/mol. The van der Waals surface area contributed by atoms with Crippen LogP contribution in [0.4, 0.5) is 0 Å². The van der Waals surface area contributed by atoms with E-state index in [1.54, 1.807) is 0 Å². The molecular formula is C9H17NO2S. The second-order valence-electron chi connectivity index (χ2n) is 4.42. The lowest BCUT2D eigenvalue weighted by molar-refractivity contribution is 0.359. The Morgan fingerprint density at radius 1 is 1.31 bits per heavy atom. The van der Waals surface area contributed by atoms with Crippen molar-refractivity contribution in [3.8, 4) is 0 Å². The number of nitrogens with one attached hydrogen (secondary N) is 1. The molecule has 3 atom stereocenters. The lowest BCUT2D eigenvalue weighted by atomic mass is 9.90. The smallest absolute Gasteiger partial charge is 0.211 e. The molecule has 3 unspecified atom stereocenters. The topological polar surface area (TPSA) is 46.2 Å². The van der Waals surface area contributed by atoms with Crippen LogP contribution in [0.1, 0.15) is 25.7 Å². The highest BCUT2D eigenvalue weighted by molar-refractivity contribution is 7.89. The molecule has 2 aliphatic carbocycles. The van der Waals surface area contributed by atoms with Gasteiger partial charge in [0.25, 0.3) is 0 Å². The maximum Gasteiger partial charge on any atom is 0.211 e. The molecule has 0 saturated heterocycles. The van der Waals surface area contributed by atoms with Gasteiger partial charge in [-0.05, 0) is 44.1 Å². The molecule has 2 bridgehead atoms. The van der Waals surface area contributed by atoms with Crippen LogP contribution in [0, 0.1) is 17.8 Å². The minimum absolute atomic E-state index is 0.352. The summed E-state index contributed by atoms with van der Waals surface area (Å²) < 4.78 is 25.0. The van der Waals surface area contributed by atoms with Crippen LogP contribution in [0.3, 0.4) is 0 Å². The molecule has 1 N–H and O–H groups in total. The second kappa shape index (κ2) is 3.24. The van der Waals surface area contributed by atoms with E-state index < -0.39 is 10.0 Å². The maximum atomic E-state index is 11.3. The predicted octanol–water partition coefficient (Wildman–Crippen LogP) is 0.972. The van der Waals surface area contributed by atoms with Crippen molar-refractivity contribution in [1.82, 2.24) is 4.72 Å². The Balaban J connectivity index is 1.97. The van der Waals surface area contributed by atoms with Crippen LogP contribution in [-0.2, 0) is 10.0 Å². The fraction of sp³-hybridized carbons (Fsp3) is 1.00. The van der Waals surface area contributed by atoms with Crippen molar-refractivity contribution in [2.24, 2.45) is 17.8 Å². The molecule has 2 aliphatic rings. The third-order valence-electron chi connectivity index (χ3n) is 3.63. The monoisotopic (exact) mass is 203 g/mol. The van der Waals surface area contributed by atoms with Gasteiger partial charge in [0.2, 0.25) is 10.0 Å². The molecule has 0 heterocycles. The van der Waals surface area contributed by atoms with Gasteiger partial charge in [-0.1, -0.05) is 6.42 Å². The largest absolute Gasteiger partial charge is 0.218 e. The van der Waals surface area contributed by atoms with Crippen molar-refractivity contribution in [1.29, 1.82) is 0 Å². The first-order valence-electron chi connectivity index (χ1n) is 5.02. The Bertz CT molecular complexity index is 286. The molecule has 0 radical (unpaired) electrons. The van der Waals surface area contributed by atoms with E-state index in [4.69, 9.17) is 0 Å². The van der Waals surface area contributed by atoms with E-state index >= 15 is 0 Å². The van der Waals surface area contributed by atoms with Gasteiger partial charge in [-0.2, -0.15) is 0 Å². The van der Waals surface area contributed by atoms with Crippen molar-refractivity contribution in [2.45, 2.75) is 25.7 Å². The number of sulfonamides is 1. The summed E-state index contributed by atoms with van der Waals surface area (Å²) in [5, 5.41) is 0. The van der Waals surface area contributed by atoms with Crippen LogP contribution in [0.2, 0.25) is 0 Å². The maximum absolute atomic E-state index is 11.3. The zero-order chi connectivity index (χ0) is 9.47. The van der Waals surface area contributed by atoms with Crippen LogP contribution >= 0.6 is 0 Å². The van der Waals surface area contributed by atoms with Crippen molar-refractivity contribution in [3.05, 3.63) is 0 Å². The third kappa shape index (κ3) is 1.89. The summed E-state index contributed by atoms with van der Waals surface area (Å²) in [6.07, 6.45) is 5.02. The number of rotatable bonds is 3. The molecule has 76 valence electrons. The molecule has 2 fully saturated rings. The van der Waals surface area contributed by atoms with Gasteiger partial charge in [0, 0.05) is 0 Å². The lowest BCUT2D eigenvalue weighted by Gasteiger charge is -2.20. The summed E-state index contributed by atoms with van der Waals surface area (Å²) in [5.41, 5.74) is 0. The predicted molar refractivity (Wildman–Crippen MR) is 51.8 cm³/mol. The molecule has 0 aliphatic heterocycles. The normalized spacial score (nSPS) is 38.4. The van der Waals surface area contributed by atoms with E-state index in [0.29, 0.717) is 17.6 Å².